The molecular weight excluding hydrogens is 166 g/mol. The number of H-pyrrole nitrogens is 1. The topological polar surface area (TPSA) is 57.8 Å². The van der Waals surface area contributed by atoms with Crippen LogP contribution in [0.5, 0.6) is 0 Å². The van der Waals surface area contributed by atoms with Gasteiger partial charge in [0.05, 0.1) is 12.5 Å². The van der Waals surface area contributed by atoms with Gasteiger partial charge in [0.1, 0.15) is 0 Å². The van der Waals surface area contributed by atoms with Crippen LogP contribution in [-0.2, 0) is 11.2 Å². The fourth-order valence-electron chi connectivity index (χ4n) is 0.890. The van der Waals surface area contributed by atoms with Crippen LogP contribution in [0.25, 0.3) is 0 Å². The monoisotopic (exact) mass is 177 g/mol. The van der Waals surface area contributed by atoms with Crippen molar-refractivity contribution in [3.05, 3.63) is 18.0 Å². The Kier molecular flexibility index (Phi) is 3.09. The number of terminal acetylenes is 1. The average Bonchev–Trinajstić information content (AvgIpc) is 2.56. The van der Waals surface area contributed by atoms with E-state index in [4.69, 9.17) is 6.42 Å². The molecule has 1 aromatic rings. The highest BCUT2D eigenvalue weighted by Crippen LogP contribution is 1.93. The van der Waals surface area contributed by atoms with Gasteiger partial charge in [0.2, 0.25) is 5.91 Å². The van der Waals surface area contributed by atoms with E-state index >= 15 is 0 Å². The highest BCUT2D eigenvalue weighted by atomic mass is 16.1. The maximum Gasteiger partial charge on any atom is 0.226 e. The summed E-state index contributed by atoms with van der Waals surface area (Å²) in [6.45, 7) is 1.75. The number of hydrogen-bond acceptors (Lipinski definition) is 2. The molecule has 1 rings (SSSR count). The van der Waals surface area contributed by atoms with Crippen LogP contribution in [0.1, 0.15) is 12.6 Å². The summed E-state index contributed by atoms with van der Waals surface area (Å²) in [5.74, 6) is 2.32. The third kappa shape index (κ3) is 2.99. The summed E-state index contributed by atoms with van der Waals surface area (Å²) < 4.78 is 0. The molecule has 13 heavy (non-hydrogen) atoms. The Balaban J connectivity index is 2.39. The van der Waals surface area contributed by atoms with Crippen molar-refractivity contribution < 1.29 is 4.79 Å². The Morgan fingerprint density at radius 2 is 2.69 bits per heavy atom. The van der Waals surface area contributed by atoms with Crippen molar-refractivity contribution in [3.8, 4) is 12.3 Å². The molecule has 2 N–H and O–H groups in total. The third-order valence-electron chi connectivity index (χ3n) is 1.54. The number of hydrogen-bond donors (Lipinski definition) is 2. The van der Waals surface area contributed by atoms with Crippen LogP contribution in [0.4, 0.5) is 0 Å². The number of aromatic amines is 1. The second-order valence-electron chi connectivity index (χ2n) is 2.71. The molecule has 0 aromatic carbocycles. The van der Waals surface area contributed by atoms with Gasteiger partial charge in [0.15, 0.2) is 0 Å². The molecule has 0 bridgehead atoms. The van der Waals surface area contributed by atoms with Gasteiger partial charge in [-0.2, -0.15) is 5.10 Å². The fourth-order valence-corrected chi connectivity index (χ4v) is 0.890. The zero-order chi connectivity index (χ0) is 9.68. The predicted molar refractivity (Wildman–Crippen MR) is 48.7 cm³/mol. The van der Waals surface area contributed by atoms with E-state index in [1.807, 2.05) is 0 Å². The van der Waals surface area contributed by atoms with Gasteiger partial charge >= 0.3 is 0 Å². The summed E-state index contributed by atoms with van der Waals surface area (Å²) in [5.41, 5.74) is 0.779. The van der Waals surface area contributed by atoms with Gasteiger partial charge < -0.3 is 5.32 Å². The molecule has 0 saturated carbocycles. The van der Waals surface area contributed by atoms with Crippen LogP contribution < -0.4 is 5.32 Å². The van der Waals surface area contributed by atoms with Gasteiger partial charge in [-0.15, -0.1) is 6.42 Å². The smallest absolute Gasteiger partial charge is 0.226 e. The Morgan fingerprint density at radius 1 is 1.92 bits per heavy atom. The molecule has 0 saturated heterocycles. The summed E-state index contributed by atoms with van der Waals surface area (Å²) in [6, 6.07) is 1.52. The number of carbonyl (C=O) groups excluding carboxylic acids is 1. The van der Waals surface area contributed by atoms with Crippen LogP contribution in [0, 0.1) is 12.3 Å². The number of carbonyl (C=O) groups is 1. The molecule has 68 valence electrons. The van der Waals surface area contributed by atoms with Crippen molar-refractivity contribution >= 4 is 5.91 Å². The van der Waals surface area contributed by atoms with E-state index in [0.717, 1.165) is 5.69 Å². The number of rotatable bonds is 3. The molecule has 0 fully saturated rings. The van der Waals surface area contributed by atoms with E-state index in [9.17, 15) is 4.79 Å². The maximum atomic E-state index is 11.2. The lowest BCUT2D eigenvalue weighted by atomic mass is 10.2. The van der Waals surface area contributed by atoms with Crippen molar-refractivity contribution in [1.29, 1.82) is 0 Å². The normalized spacial score (nSPS) is 11.7. The number of nitrogens with zero attached hydrogens (tertiary/aromatic N) is 1. The van der Waals surface area contributed by atoms with Gasteiger partial charge in [0, 0.05) is 11.9 Å². The first kappa shape index (κ1) is 9.33. The highest BCUT2D eigenvalue weighted by molar-refractivity contribution is 5.78. The van der Waals surface area contributed by atoms with Crippen LogP contribution in [0.15, 0.2) is 12.3 Å². The average molecular weight is 177 g/mol. The van der Waals surface area contributed by atoms with E-state index in [1.165, 1.54) is 0 Å². The molecule has 0 aliphatic carbocycles. The molecular formula is C9H11N3O. The van der Waals surface area contributed by atoms with Crippen molar-refractivity contribution in [2.75, 3.05) is 0 Å². The molecule has 0 aliphatic rings. The fraction of sp³-hybridized carbons (Fsp3) is 0.333. The molecule has 0 radical (unpaired) electrons. The van der Waals surface area contributed by atoms with Crippen LogP contribution in [-0.4, -0.2) is 22.1 Å². The summed E-state index contributed by atoms with van der Waals surface area (Å²) in [4.78, 5) is 11.2. The second-order valence-corrected chi connectivity index (χ2v) is 2.71. The summed E-state index contributed by atoms with van der Waals surface area (Å²) in [7, 11) is 0. The minimum Gasteiger partial charge on any atom is -0.342 e. The molecule has 4 heteroatoms. The first-order valence-corrected chi connectivity index (χ1v) is 3.96. The first-order valence-electron chi connectivity index (χ1n) is 3.96. The zero-order valence-corrected chi connectivity index (χ0v) is 7.37. The third-order valence-corrected chi connectivity index (χ3v) is 1.54. The van der Waals surface area contributed by atoms with Crippen molar-refractivity contribution in [2.45, 2.75) is 19.4 Å². The molecule has 1 heterocycles. The molecule has 0 spiro atoms. The van der Waals surface area contributed by atoms with Crippen molar-refractivity contribution in [2.24, 2.45) is 0 Å². The number of amides is 1. The van der Waals surface area contributed by atoms with Crippen LogP contribution in [0.2, 0.25) is 0 Å². The van der Waals surface area contributed by atoms with Crippen molar-refractivity contribution in [3.63, 3.8) is 0 Å². The van der Waals surface area contributed by atoms with Gasteiger partial charge in [-0.1, -0.05) is 5.92 Å². The van der Waals surface area contributed by atoms with Crippen LogP contribution in [0.3, 0.4) is 0 Å². The molecule has 0 aliphatic heterocycles. The Morgan fingerprint density at radius 3 is 3.23 bits per heavy atom. The summed E-state index contributed by atoms with van der Waals surface area (Å²) in [5, 5.41) is 9.07. The zero-order valence-electron chi connectivity index (χ0n) is 7.37. The van der Waals surface area contributed by atoms with E-state index in [1.54, 1.807) is 19.2 Å². The standard InChI is InChI=1S/C9H11N3O/c1-3-7(2)11-9(13)6-8-4-5-10-12-8/h1,4-5,7H,6H2,2H3,(H,10,12)(H,11,13). The molecule has 1 unspecified atom stereocenters. The minimum absolute atomic E-state index is 0.102. The lowest BCUT2D eigenvalue weighted by molar-refractivity contribution is -0.120. The van der Waals surface area contributed by atoms with Gasteiger partial charge in [-0.25, -0.2) is 0 Å². The van der Waals surface area contributed by atoms with Crippen LogP contribution >= 0.6 is 0 Å². The lowest BCUT2D eigenvalue weighted by Gasteiger charge is -2.05. The Labute approximate surface area is 76.7 Å². The molecule has 1 aromatic heterocycles. The lowest BCUT2D eigenvalue weighted by Crippen LogP contribution is -2.32. The second kappa shape index (κ2) is 4.31. The molecule has 4 nitrogen and oxygen atoms in total. The SMILES string of the molecule is C#CC(C)NC(=O)Cc1ccn[nH]1. The number of aromatic nitrogens is 2. The van der Waals surface area contributed by atoms with Gasteiger partial charge in [-0.3, -0.25) is 9.89 Å². The summed E-state index contributed by atoms with van der Waals surface area (Å²) in [6.07, 6.45) is 7.00. The van der Waals surface area contributed by atoms with E-state index in [2.05, 4.69) is 21.4 Å². The Bertz CT molecular complexity index is 310. The van der Waals surface area contributed by atoms with E-state index in [-0.39, 0.29) is 18.4 Å². The maximum absolute atomic E-state index is 11.2. The van der Waals surface area contributed by atoms with E-state index < -0.39 is 0 Å². The molecule has 1 amide bonds. The summed E-state index contributed by atoms with van der Waals surface area (Å²) >= 11 is 0. The highest BCUT2D eigenvalue weighted by Gasteiger charge is 2.05. The predicted octanol–water partition coefficient (Wildman–Crippen LogP) is 0.0901. The van der Waals surface area contributed by atoms with E-state index in [0.29, 0.717) is 0 Å². The minimum atomic E-state index is -0.226. The number of nitrogens with one attached hydrogen (secondary N) is 2. The van der Waals surface area contributed by atoms with Crippen molar-refractivity contribution in [1.82, 2.24) is 15.5 Å². The largest absolute Gasteiger partial charge is 0.342 e. The van der Waals surface area contributed by atoms with Gasteiger partial charge in [-0.05, 0) is 13.0 Å². The van der Waals surface area contributed by atoms with Gasteiger partial charge in [0.25, 0.3) is 0 Å². The molecule has 1 atom stereocenters. The Hall–Kier alpha value is -1.76. The quantitative estimate of drug-likeness (QED) is 0.643. The first-order chi connectivity index (χ1) is 6.22.